The highest BCUT2D eigenvalue weighted by atomic mass is 35.5. The molecule has 2 aromatic rings. The van der Waals surface area contributed by atoms with E-state index in [9.17, 15) is 4.79 Å². The number of carbonyl (C=O) groups excluding carboxylic acids is 1. The summed E-state index contributed by atoms with van der Waals surface area (Å²) in [4.78, 5) is 19.8. The highest BCUT2D eigenvalue weighted by molar-refractivity contribution is 7.17. The van der Waals surface area contributed by atoms with Crippen molar-refractivity contribution < 1.29 is 9.53 Å². The van der Waals surface area contributed by atoms with E-state index >= 15 is 0 Å². The van der Waals surface area contributed by atoms with Gasteiger partial charge < -0.3 is 9.64 Å². The Hall–Kier alpha value is -1.59. The highest BCUT2D eigenvalue weighted by Gasteiger charge is 2.44. The molecule has 4 nitrogen and oxygen atoms in total. The summed E-state index contributed by atoms with van der Waals surface area (Å²) in [5.41, 5.74) is 0. The van der Waals surface area contributed by atoms with Crippen molar-refractivity contribution in [1.29, 1.82) is 0 Å². The highest BCUT2D eigenvalue weighted by Crippen LogP contribution is 2.39. The molecule has 2 atom stereocenters. The van der Waals surface area contributed by atoms with Crippen LogP contribution in [0, 0.1) is 0 Å². The number of pyridine rings is 1. The van der Waals surface area contributed by atoms with E-state index in [-0.39, 0.29) is 24.1 Å². The van der Waals surface area contributed by atoms with Gasteiger partial charge in [-0.3, -0.25) is 4.79 Å². The minimum absolute atomic E-state index is 0.116. The number of carbonyl (C=O) groups is 1. The Labute approximate surface area is 144 Å². The average molecular weight is 349 g/mol. The first-order valence-electron chi connectivity index (χ1n) is 7.86. The molecular weight excluding hydrogens is 332 g/mol. The first kappa shape index (κ1) is 15.0. The van der Waals surface area contributed by atoms with Crippen LogP contribution >= 0.6 is 22.9 Å². The van der Waals surface area contributed by atoms with Gasteiger partial charge in [-0.15, -0.1) is 11.3 Å². The molecular formula is C17H17ClN2O2S. The molecule has 2 bridgehead atoms. The normalized spacial score (nSPS) is 26.3. The number of hydrogen-bond acceptors (Lipinski definition) is 4. The predicted octanol–water partition coefficient (Wildman–Crippen LogP) is 4.01. The van der Waals surface area contributed by atoms with Crippen LogP contribution in [0.2, 0.25) is 4.34 Å². The largest absolute Gasteiger partial charge is 0.474 e. The van der Waals surface area contributed by atoms with Crippen molar-refractivity contribution in [1.82, 2.24) is 9.88 Å². The summed E-state index contributed by atoms with van der Waals surface area (Å²) in [6.45, 7) is 0. The number of hydrogen-bond donors (Lipinski definition) is 0. The summed E-state index contributed by atoms with van der Waals surface area (Å²) < 4.78 is 6.67. The maximum atomic E-state index is 12.8. The van der Waals surface area contributed by atoms with E-state index in [1.54, 1.807) is 12.3 Å². The van der Waals surface area contributed by atoms with Crippen LogP contribution in [-0.4, -0.2) is 34.0 Å². The van der Waals surface area contributed by atoms with Crippen LogP contribution < -0.4 is 4.74 Å². The molecule has 2 aromatic heterocycles. The molecule has 23 heavy (non-hydrogen) atoms. The van der Waals surface area contributed by atoms with Gasteiger partial charge in [0.1, 0.15) is 6.10 Å². The summed E-state index contributed by atoms with van der Waals surface area (Å²) in [5.74, 6) is 0.785. The number of aromatic nitrogens is 1. The van der Waals surface area contributed by atoms with Gasteiger partial charge in [0.05, 0.1) is 9.21 Å². The molecule has 6 heteroatoms. The Kier molecular flexibility index (Phi) is 3.99. The third-order valence-electron chi connectivity index (χ3n) is 4.63. The van der Waals surface area contributed by atoms with E-state index in [0.717, 1.165) is 30.6 Å². The Morgan fingerprint density at radius 2 is 2.00 bits per heavy atom. The number of amides is 1. The van der Waals surface area contributed by atoms with E-state index in [2.05, 4.69) is 9.88 Å². The Morgan fingerprint density at radius 3 is 2.61 bits per heavy atom. The van der Waals surface area contributed by atoms with Gasteiger partial charge in [0.2, 0.25) is 5.88 Å². The lowest BCUT2D eigenvalue weighted by atomic mass is 9.99. The maximum Gasteiger partial charge on any atom is 0.264 e. The van der Waals surface area contributed by atoms with Crippen LogP contribution in [0.25, 0.3) is 0 Å². The third kappa shape index (κ3) is 2.95. The summed E-state index contributed by atoms with van der Waals surface area (Å²) in [7, 11) is 0. The molecule has 1 amide bonds. The SMILES string of the molecule is O=C(c1ccc(Cl)s1)N1C2CCC1CC(Oc1ccccn1)C2. The predicted molar refractivity (Wildman–Crippen MR) is 90.2 cm³/mol. The fourth-order valence-corrected chi connectivity index (χ4v) is 4.69. The molecule has 0 aliphatic carbocycles. The van der Waals surface area contributed by atoms with E-state index in [4.69, 9.17) is 16.3 Å². The van der Waals surface area contributed by atoms with Gasteiger partial charge in [0, 0.05) is 37.2 Å². The Bertz CT molecular complexity index is 692. The summed E-state index contributed by atoms with van der Waals surface area (Å²) in [5, 5.41) is 0. The third-order valence-corrected chi connectivity index (χ3v) is 5.85. The number of halogens is 1. The maximum absolute atomic E-state index is 12.8. The van der Waals surface area contributed by atoms with Crippen molar-refractivity contribution in [2.75, 3.05) is 0 Å². The van der Waals surface area contributed by atoms with Crippen molar-refractivity contribution in [2.45, 2.75) is 43.9 Å². The van der Waals surface area contributed by atoms with E-state index in [0.29, 0.717) is 10.2 Å². The van der Waals surface area contributed by atoms with Crippen LogP contribution in [0.3, 0.4) is 0 Å². The van der Waals surface area contributed by atoms with Gasteiger partial charge in [-0.1, -0.05) is 17.7 Å². The fourth-order valence-electron chi connectivity index (χ4n) is 3.70. The molecule has 2 aliphatic heterocycles. The quantitative estimate of drug-likeness (QED) is 0.841. The van der Waals surface area contributed by atoms with E-state index in [1.165, 1.54) is 11.3 Å². The zero-order chi connectivity index (χ0) is 15.8. The van der Waals surface area contributed by atoms with Gasteiger partial charge >= 0.3 is 0 Å². The second-order valence-electron chi connectivity index (χ2n) is 6.08. The van der Waals surface area contributed by atoms with Crippen molar-refractivity contribution in [3.63, 3.8) is 0 Å². The number of nitrogens with zero attached hydrogens (tertiary/aromatic N) is 2. The van der Waals surface area contributed by atoms with Gasteiger partial charge in [-0.25, -0.2) is 4.98 Å². The number of piperidine rings is 1. The molecule has 0 N–H and O–H groups in total. The lowest BCUT2D eigenvalue weighted by molar-refractivity contribution is 0.0352. The van der Waals surface area contributed by atoms with Crippen LogP contribution in [0.5, 0.6) is 5.88 Å². The molecule has 2 fully saturated rings. The van der Waals surface area contributed by atoms with Crippen molar-refractivity contribution in [3.8, 4) is 5.88 Å². The summed E-state index contributed by atoms with van der Waals surface area (Å²) >= 11 is 7.32. The van der Waals surface area contributed by atoms with E-state index in [1.807, 2.05) is 24.3 Å². The second-order valence-corrected chi connectivity index (χ2v) is 7.80. The smallest absolute Gasteiger partial charge is 0.264 e. The van der Waals surface area contributed by atoms with Gasteiger partial charge in [0.25, 0.3) is 5.91 Å². The summed E-state index contributed by atoms with van der Waals surface area (Å²) in [6.07, 6.45) is 5.73. The minimum atomic E-state index is 0.116. The first-order chi connectivity index (χ1) is 11.2. The van der Waals surface area contributed by atoms with Crippen molar-refractivity contribution in [2.24, 2.45) is 0 Å². The monoisotopic (exact) mass is 348 g/mol. The molecule has 2 unspecified atom stereocenters. The number of thiophene rings is 1. The van der Waals surface area contributed by atoms with Gasteiger partial charge in [-0.2, -0.15) is 0 Å². The average Bonchev–Trinajstić information content (AvgIpc) is 3.10. The lowest BCUT2D eigenvalue weighted by Gasteiger charge is -2.38. The Morgan fingerprint density at radius 1 is 1.22 bits per heavy atom. The molecule has 0 spiro atoms. The first-order valence-corrected chi connectivity index (χ1v) is 9.06. The molecule has 2 aliphatic rings. The number of rotatable bonds is 3. The second kappa shape index (κ2) is 6.13. The molecule has 4 rings (SSSR count). The van der Waals surface area contributed by atoms with Gasteiger partial charge in [0.15, 0.2) is 0 Å². The van der Waals surface area contributed by atoms with Crippen LogP contribution in [0.1, 0.15) is 35.4 Å². The minimum Gasteiger partial charge on any atom is -0.474 e. The molecule has 0 radical (unpaired) electrons. The van der Waals surface area contributed by atoms with Gasteiger partial charge in [-0.05, 0) is 31.0 Å². The molecule has 4 heterocycles. The standard InChI is InChI=1S/C17H17ClN2O2S/c18-15-7-6-14(23-15)17(21)20-11-4-5-12(20)10-13(9-11)22-16-3-1-2-8-19-16/h1-3,6-8,11-13H,4-5,9-10H2. The van der Waals surface area contributed by atoms with Crippen LogP contribution in [0.4, 0.5) is 0 Å². The number of ether oxygens (including phenoxy) is 1. The molecule has 0 saturated carbocycles. The topological polar surface area (TPSA) is 42.4 Å². The zero-order valence-electron chi connectivity index (χ0n) is 12.5. The Balaban J connectivity index is 1.47. The molecule has 2 saturated heterocycles. The van der Waals surface area contributed by atoms with Crippen molar-refractivity contribution >= 4 is 28.8 Å². The molecule has 120 valence electrons. The number of fused-ring (bicyclic) bond motifs is 2. The lowest BCUT2D eigenvalue weighted by Crippen LogP contribution is -2.49. The van der Waals surface area contributed by atoms with E-state index < -0.39 is 0 Å². The zero-order valence-corrected chi connectivity index (χ0v) is 14.1. The molecule has 0 aromatic carbocycles. The summed E-state index contributed by atoms with van der Waals surface area (Å²) in [6, 6.07) is 9.82. The van der Waals surface area contributed by atoms with Crippen LogP contribution in [-0.2, 0) is 0 Å². The van der Waals surface area contributed by atoms with Crippen molar-refractivity contribution in [3.05, 3.63) is 45.7 Å². The van der Waals surface area contributed by atoms with Crippen LogP contribution in [0.15, 0.2) is 36.5 Å². The fraction of sp³-hybridized carbons (Fsp3) is 0.412.